The lowest BCUT2D eigenvalue weighted by Gasteiger charge is -2.21. The molecule has 0 saturated heterocycles. The van der Waals surface area contributed by atoms with Gasteiger partial charge in [-0.3, -0.25) is 0 Å². The van der Waals surface area contributed by atoms with Gasteiger partial charge in [-0.05, 0) is 6.07 Å². The second kappa shape index (κ2) is 6.72. The standard InChI is InChI=1S/C13H14ClF3O4/c14-9-6-12-11(20-3-4-21-12)5-8(9)10(18)1-2-19-7-13(15,16)17/h5-6,10,18H,1-4,7H2. The Labute approximate surface area is 124 Å². The highest BCUT2D eigenvalue weighted by atomic mass is 35.5. The van der Waals surface area contributed by atoms with Crippen LogP contribution >= 0.6 is 11.6 Å². The minimum Gasteiger partial charge on any atom is -0.486 e. The van der Waals surface area contributed by atoms with Crippen molar-refractivity contribution in [3.05, 3.63) is 22.7 Å². The summed E-state index contributed by atoms with van der Waals surface area (Å²) in [5.41, 5.74) is 0.372. The van der Waals surface area contributed by atoms with Crippen molar-refractivity contribution in [2.45, 2.75) is 18.7 Å². The van der Waals surface area contributed by atoms with E-state index >= 15 is 0 Å². The van der Waals surface area contributed by atoms with Crippen molar-refractivity contribution < 1.29 is 32.5 Å². The third-order valence-corrected chi connectivity index (χ3v) is 3.15. The van der Waals surface area contributed by atoms with Crippen LogP contribution in [0.15, 0.2) is 12.1 Å². The Hall–Kier alpha value is -1.18. The van der Waals surface area contributed by atoms with Crippen molar-refractivity contribution in [1.29, 1.82) is 0 Å². The highest BCUT2D eigenvalue weighted by molar-refractivity contribution is 6.31. The Kier molecular flexibility index (Phi) is 5.18. The quantitative estimate of drug-likeness (QED) is 0.845. The highest BCUT2D eigenvalue weighted by Crippen LogP contribution is 2.38. The Morgan fingerprint density at radius 3 is 2.48 bits per heavy atom. The third kappa shape index (κ3) is 4.66. The number of halogens is 4. The molecule has 0 aromatic heterocycles. The van der Waals surface area contributed by atoms with Crippen molar-refractivity contribution >= 4 is 11.6 Å². The summed E-state index contributed by atoms with van der Waals surface area (Å²) in [7, 11) is 0. The van der Waals surface area contributed by atoms with E-state index in [9.17, 15) is 18.3 Å². The van der Waals surface area contributed by atoms with Gasteiger partial charge in [0.2, 0.25) is 0 Å². The molecule has 0 fully saturated rings. The van der Waals surface area contributed by atoms with Crippen molar-refractivity contribution in [2.75, 3.05) is 26.4 Å². The molecule has 0 bridgehead atoms. The number of aliphatic hydroxyl groups is 1. The summed E-state index contributed by atoms with van der Waals surface area (Å²) in [6, 6.07) is 3.05. The van der Waals surface area contributed by atoms with E-state index < -0.39 is 18.9 Å². The van der Waals surface area contributed by atoms with E-state index in [0.29, 0.717) is 30.3 Å². The highest BCUT2D eigenvalue weighted by Gasteiger charge is 2.27. The third-order valence-electron chi connectivity index (χ3n) is 2.82. The Bertz CT molecular complexity index is 493. The van der Waals surface area contributed by atoms with Crippen LogP contribution < -0.4 is 9.47 Å². The molecule has 1 aliphatic heterocycles. The van der Waals surface area contributed by atoms with E-state index in [0.717, 1.165) is 0 Å². The molecule has 0 radical (unpaired) electrons. The van der Waals surface area contributed by atoms with Crippen molar-refractivity contribution in [2.24, 2.45) is 0 Å². The molecule has 1 unspecified atom stereocenters. The lowest BCUT2D eigenvalue weighted by Crippen LogP contribution is -2.18. The lowest BCUT2D eigenvalue weighted by molar-refractivity contribution is -0.175. The van der Waals surface area contributed by atoms with Crippen LogP contribution in [0.1, 0.15) is 18.1 Å². The van der Waals surface area contributed by atoms with Crippen LogP contribution in [0.4, 0.5) is 13.2 Å². The minimum atomic E-state index is -4.38. The summed E-state index contributed by atoms with van der Waals surface area (Å²) in [5.74, 6) is 0.937. The van der Waals surface area contributed by atoms with E-state index in [1.165, 1.54) is 12.1 Å². The smallest absolute Gasteiger partial charge is 0.411 e. The summed E-state index contributed by atoms with van der Waals surface area (Å²) in [4.78, 5) is 0. The monoisotopic (exact) mass is 326 g/mol. The summed E-state index contributed by atoms with van der Waals surface area (Å²) in [5, 5.41) is 10.3. The number of rotatable bonds is 5. The fourth-order valence-corrected chi connectivity index (χ4v) is 2.15. The molecule has 1 N–H and O–H groups in total. The van der Waals surface area contributed by atoms with Crippen molar-refractivity contribution in [3.63, 3.8) is 0 Å². The van der Waals surface area contributed by atoms with E-state index in [4.69, 9.17) is 21.1 Å². The predicted molar refractivity (Wildman–Crippen MR) is 68.9 cm³/mol. The molecule has 0 aliphatic carbocycles. The maximum atomic E-state index is 11.9. The maximum Gasteiger partial charge on any atom is 0.411 e. The van der Waals surface area contributed by atoms with Crippen LogP contribution in [0, 0.1) is 0 Å². The van der Waals surface area contributed by atoms with Gasteiger partial charge in [-0.25, -0.2) is 0 Å². The predicted octanol–water partition coefficient (Wildman–Crippen LogP) is 3.11. The first-order valence-corrected chi connectivity index (χ1v) is 6.66. The van der Waals surface area contributed by atoms with Crippen LogP contribution in [0.3, 0.4) is 0 Å². The van der Waals surface area contributed by atoms with E-state index in [2.05, 4.69) is 4.74 Å². The first-order chi connectivity index (χ1) is 9.87. The SMILES string of the molecule is OC(CCOCC(F)(F)F)c1cc2c(cc1Cl)OCCO2. The molecule has 0 amide bonds. The van der Waals surface area contributed by atoms with E-state index in [-0.39, 0.29) is 18.1 Å². The number of benzene rings is 1. The van der Waals surface area contributed by atoms with Crippen LogP contribution in [-0.2, 0) is 4.74 Å². The van der Waals surface area contributed by atoms with Crippen LogP contribution in [0.25, 0.3) is 0 Å². The second-order valence-electron chi connectivity index (χ2n) is 4.49. The molecule has 0 spiro atoms. The van der Waals surface area contributed by atoms with Gasteiger partial charge < -0.3 is 19.3 Å². The summed E-state index contributed by atoms with van der Waals surface area (Å²) < 4.78 is 50.9. The van der Waals surface area contributed by atoms with Gasteiger partial charge in [0, 0.05) is 24.7 Å². The number of alkyl halides is 3. The number of hydrogen-bond donors (Lipinski definition) is 1. The zero-order chi connectivity index (χ0) is 15.5. The molecule has 8 heteroatoms. The summed E-state index contributed by atoms with van der Waals surface area (Å²) >= 11 is 6.03. The Balaban J connectivity index is 1.94. The Morgan fingerprint density at radius 2 is 1.86 bits per heavy atom. The van der Waals surface area contributed by atoms with Gasteiger partial charge in [-0.1, -0.05) is 11.6 Å². The largest absolute Gasteiger partial charge is 0.486 e. The Morgan fingerprint density at radius 1 is 1.24 bits per heavy atom. The van der Waals surface area contributed by atoms with Gasteiger partial charge in [-0.2, -0.15) is 13.2 Å². The average molecular weight is 327 g/mol. The molecule has 118 valence electrons. The molecule has 0 saturated carbocycles. The minimum absolute atomic E-state index is 0.00452. The fraction of sp³-hybridized carbons (Fsp3) is 0.538. The van der Waals surface area contributed by atoms with Gasteiger partial charge >= 0.3 is 6.18 Å². The van der Waals surface area contributed by atoms with Crippen molar-refractivity contribution in [3.8, 4) is 11.5 Å². The second-order valence-corrected chi connectivity index (χ2v) is 4.90. The average Bonchev–Trinajstić information content (AvgIpc) is 2.41. The first kappa shape index (κ1) is 16.2. The van der Waals surface area contributed by atoms with E-state index in [1.54, 1.807) is 0 Å². The first-order valence-electron chi connectivity index (χ1n) is 6.28. The van der Waals surface area contributed by atoms with Gasteiger partial charge in [0.05, 0.1) is 11.1 Å². The van der Waals surface area contributed by atoms with E-state index in [1.807, 2.05) is 0 Å². The van der Waals surface area contributed by atoms with Gasteiger partial charge in [-0.15, -0.1) is 0 Å². The van der Waals surface area contributed by atoms with Gasteiger partial charge in [0.25, 0.3) is 0 Å². The molecule has 21 heavy (non-hydrogen) atoms. The number of ether oxygens (including phenoxy) is 3. The molecular formula is C13H14ClF3O4. The van der Waals surface area contributed by atoms with Crippen LogP contribution in [-0.4, -0.2) is 37.7 Å². The fourth-order valence-electron chi connectivity index (χ4n) is 1.87. The molecule has 1 heterocycles. The topological polar surface area (TPSA) is 47.9 Å². The maximum absolute atomic E-state index is 11.9. The molecule has 1 atom stereocenters. The zero-order valence-electron chi connectivity index (χ0n) is 11.0. The van der Waals surface area contributed by atoms with Gasteiger partial charge in [0.1, 0.15) is 19.8 Å². The summed E-state index contributed by atoms with van der Waals surface area (Å²) in [6.07, 6.45) is -5.42. The molecule has 1 aromatic rings. The lowest BCUT2D eigenvalue weighted by atomic mass is 10.1. The van der Waals surface area contributed by atoms with Crippen LogP contribution in [0.5, 0.6) is 11.5 Å². The van der Waals surface area contributed by atoms with Crippen molar-refractivity contribution in [1.82, 2.24) is 0 Å². The molecule has 1 aromatic carbocycles. The molecule has 4 nitrogen and oxygen atoms in total. The molecular weight excluding hydrogens is 313 g/mol. The number of fused-ring (bicyclic) bond motifs is 1. The molecule has 2 rings (SSSR count). The van der Waals surface area contributed by atoms with Crippen LogP contribution in [0.2, 0.25) is 5.02 Å². The number of aliphatic hydroxyl groups excluding tert-OH is 1. The molecule has 1 aliphatic rings. The zero-order valence-corrected chi connectivity index (χ0v) is 11.7. The van der Waals surface area contributed by atoms with Gasteiger partial charge in [0.15, 0.2) is 11.5 Å². The normalized spacial score (nSPS) is 15.9. The summed E-state index contributed by atoms with van der Waals surface area (Å²) in [6.45, 7) is -0.768. The number of hydrogen-bond acceptors (Lipinski definition) is 4.